The summed E-state index contributed by atoms with van der Waals surface area (Å²) in [6, 6.07) is 1.96. The highest BCUT2D eigenvalue weighted by Gasteiger charge is 2.35. The van der Waals surface area contributed by atoms with E-state index in [0.29, 0.717) is 12.8 Å². The van der Waals surface area contributed by atoms with Gasteiger partial charge in [0.1, 0.15) is 11.5 Å². The zero-order chi connectivity index (χ0) is 12.8. The second-order valence-electron chi connectivity index (χ2n) is 3.53. The number of aliphatic hydroxyl groups excluding tert-OH is 1. The lowest BCUT2D eigenvalue weighted by atomic mass is 9.83. The normalized spacial score (nSPS) is 12.6. The molecule has 0 aromatic heterocycles. The van der Waals surface area contributed by atoms with Crippen LogP contribution in [0.5, 0.6) is 0 Å². The van der Waals surface area contributed by atoms with Crippen LogP contribution < -0.4 is 11.1 Å². The second-order valence-corrected chi connectivity index (χ2v) is 3.53. The van der Waals surface area contributed by atoms with Crippen LogP contribution in [0.2, 0.25) is 0 Å². The van der Waals surface area contributed by atoms with Gasteiger partial charge < -0.3 is 16.2 Å². The summed E-state index contributed by atoms with van der Waals surface area (Å²) in [4.78, 5) is 22.2. The van der Waals surface area contributed by atoms with Gasteiger partial charge in [-0.25, -0.2) is 0 Å². The molecule has 2 amide bonds. The maximum atomic E-state index is 11.7. The maximum Gasteiger partial charge on any atom is 0.248 e. The fraction of sp³-hybridized carbons (Fsp3) is 0.700. The van der Waals surface area contributed by atoms with E-state index in [4.69, 9.17) is 16.1 Å². The van der Waals surface area contributed by atoms with Crippen LogP contribution in [0.25, 0.3) is 0 Å². The fourth-order valence-electron chi connectivity index (χ4n) is 1.24. The summed E-state index contributed by atoms with van der Waals surface area (Å²) < 4.78 is 0. The van der Waals surface area contributed by atoms with Gasteiger partial charge in [0.2, 0.25) is 11.8 Å². The molecule has 6 nitrogen and oxygen atoms in total. The zero-order valence-corrected chi connectivity index (χ0v) is 9.49. The number of amides is 2. The molecule has 0 radical (unpaired) electrons. The molecule has 0 aliphatic heterocycles. The molecule has 0 fully saturated rings. The van der Waals surface area contributed by atoms with Gasteiger partial charge in [0.25, 0.3) is 0 Å². The van der Waals surface area contributed by atoms with E-state index in [0.717, 1.165) is 0 Å². The van der Waals surface area contributed by atoms with E-state index in [1.165, 1.54) is 0 Å². The Kier molecular flexibility index (Phi) is 5.47. The van der Waals surface area contributed by atoms with Gasteiger partial charge in [0, 0.05) is 0 Å². The largest absolute Gasteiger partial charge is 0.381 e. The van der Waals surface area contributed by atoms with Crippen molar-refractivity contribution >= 4 is 11.8 Å². The first-order valence-corrected chi connectivity index (χ1v) is 5.10. The number of nitriles is 1. The lowest BCUT2D eigenvalue weighted by molar-refractivity contribution is -0.130. The lowest BCUT2D eigenvalue weighted by Crippen LogP contribution is -2.45. The molecule has 0 saturated carbocycles. The number of carbonyl (C=O) groups is 2. The van der Waals surface area contributed by atoms with Gasteiger partial charge in [0.15, 0.2) is 0 Å². The predicted molar refractivity (Wildman–Crippen MR) is 56.8 cm³/mol. The summed E-state index contributed by atoms with van der Waals surface area (Å²) in [5, 5.41) is 20.4. The van der Waals surface area contributed by atoms with E-state index in [1.54, 1.807) is 13.8 Å². The Morgan fingerprint density at radius 1 is 1.50 bits per heavy atom. The zero-order valence-electron chi connectivity index (χ0n) is 9.49. The van der Waals surface area contributed by atoms with Gasteiger partial charge in [-0.1, -0.05) is 13.8 Å². The number of hydrogen-bond acceptors (Lipinski definition) is 4. The molecule has 0 aliphatic rings. The van der Waals surface area contributed by atoms with Gasteiger partial charge in [-0.05, 0) is 12.8 Å². The summed E-state index contributed by atoms with van der Waals surface area (Å²) >= 11 is 0. The van der Waals surface area contributed by atoms with Crippen LogP contribution in [0.15, 0.2) is 0 Å². The minimum Gasteiger partial charge on any atom is -0.381 e. The summed E-state index contributed by atoms with van der Waals surface area (Å²) in [7, 11) is 0. The van der Waals surface area contributed by atoms with E-state index in [1.807, 2.05) is 6.07 Å². The van der Waals surface area contributed by atoms with Gasteiger partial charge >= 0.3 is 0 Å². The smallest absolute Gasteiger partial charge is 0.248 e. The SMILES string of the molecule is CCC(C#N)(CC)C(=O)NCC(O)C(N)=O. The Morgan fingerprint density at radius 3 is 2.31 bits per heavy atom. The number of hydrogen-bond donors (Lipinski definition) is 3. The first-order valence-electron chi connectivity index (χ1n) is 5.10. The average Bonchev–Trinajstić information content (AvgIpc) is 2.28. The molecule has 1 atom stereocenters. The number of aliphatic hydroxyl groups is 1. The van der Waals surface area contributed by atoms with E-state index in [9.17, 15) is 9.59 Å². The van der Waals surface area contributed by atoms with Crippen LogP contribution >= 0.6 is 0 Å². The summed E-state index contributed by atoms with van der Waals surface area (Å²) in [6.07, 6.45) is -0.675. The first kappa shape index (κ1) is 14.4. The maximum absolute atomic E-state index is 11.7. The molecule has 0 bridgehead atoms. The minimum atomic E-state index is -1.42. The number of rotatable bonds is 6. The van der Waals surface area contributed by atoms with Crippen molar-refractivity contribution in [3.63, 3.8) is 0 Å². The second kappa shape index (κ2) is 6.08. The highest BCUT2D eigenvalue weighted by Crippen LogP contribution is 2.25. The van der Waals surface area contributed by atoms with Crippen molar-refractivity contribution in [2.24, 2.45) is 11.1 Å². The quantitative estimate of drug-likeness (QED) is 0.555. The van der Waals surface area contributed by atoms with Crippen molar-refractivity contribution in [3.05, 3.63) is 0 Å². The van der Waals surface area contributed by atoms with Crippen molar-refractivity contribution < 1.29 is 14.7 Å². The van der Waals surface area contributed by atoms with Crippen LogP contribution in [-0.2, 0) is 9.59 Å². The molecule has 1 unspecified atom stereocenters. The van der Waals surface area contributed by atoms with Gasteiger partial charge in [-0.3, -0.25) is 9.59 Å². The average molecular weight is 227 g/mol. The molecule has 0 heterocycles. The van der Waals surface area contributed by atoms with E-state index < -0.39 is 23.3 Å². The van der Waals surface area contributed by atoms with Crippen LogP contribution in [0, 0.1) is 16.7 Å². The summed E-state index contributed by atoms with van der Waals surface area (Å²) in [6.45, 7) is 3.20. The molecule has 0 spiro atoms. The van der Waals surface area contributed by atoms with Crippen LogP contribution in [0.4, 0.5) is 0 Å². The Labute approximate surface area is 94.4 Å². The fourth-order valence-corrected chi connectivity index (χ4v) is 1.24. The molecular weight excluding hydrogens is 210 g/mol. The molecule has 6 heteroatoms. The monoisotopic (exact) mass is 227 g/mol. The van der Waals surface area contributed by atoms with Gasteiger partial charge in [0.05, 0.1) is 12.6 Å². The Bertz CT molecular complexity index is 305. The predicted octanol–water partition coefficient (Wildman–Crippen LogP) is -0.721. The molecule has 4 N–H and O–H groups in total. The van der Waals surface area contributed by atoms with Crippen molar-refractivity contribution in [2.75, 3.05) is 6.54 Å². The molecule has 0 rings (SSSR count). The molecule has 0 aromatic carbocycles. The van der Waals surface area contributed by atoms with E-state index in [-0.39, 0.29) is 6.54 Å². The highest BCUT2D eigenvalue weighted by atomic mass is 16.3. The standard InChI is InChI=1S/C10H17N3O3/c1-3-10(4-2,6-11)9(16)13-5-7(14)8(12)15/h7,14H,3-5H2,1-2H3,(H2,12,15)(H,13,16). The third-order valence-electron chi connectivity index (χ3n) is 2.64. The van der Waals surface area contributed by atoms with Crippen LogP contribution in [0.3, 0.4) is 0 Å². The molecule has 0 saturated heterocycles. The number of nitrogens with one attached hydrogen (secondary N) is 1. The summed E-state index contributed by atoms with van der Waals surface area (Å²) in [5.74, 6) is -1.39. The Morgan fingerprint density at radius 2 is 2.00 bits per heavy atom. The Balaban J connectivity index is 4.46. The molecular formula is C10H17N3O3. The van der Waals surface area contributed by atoms with Crippen molar-refractivity contribution in [1.82, 2.24) is 5.32 Å². The van der Waals surface area contributed by atoms with Crippen molar-refractivity contribution in [1.29, 1.82) is 5.26 Å². The molecule has 0 aliphatic carbocycles. The number of carbonyl (C=O) groups excluding carboxylic acids is 2. The van der Waals surface area contributed by atoms with Gasteiger partial charge in [-0.2, -0.15) is 5.26 Å². The van der Waals surface area contributed by atoms with Crippen molar-refractivity contribution in [2.45, 2.75) is 32.8 Å². The van der Waals surface area contributed by atoms with E-state index in [2.05, 4.69) is 5.32 Å². The van der Waals surface area contributed by atoms with Crippen molar-refractivity contribution in [3.8, 4) is 6.07 Å². The molecule has 0 aromatic rings. The topological polar surface area (TPSA) is 116 Å². The molecule has 16 heavy (non-hydrogen) atoms. The lowest BCUT2D eigenvalue weighted by Gasteiger charge is -2.22. The first-order chi connectivity index (χ1) is 7.43. The highest BCUT2D eigenvalue weighted by molar-refractivity contribution is 5.86. The number of primary amides is 1. The summed E-state index contributed by atoms with van der Waals surface area (Å²) in [5.41, 5.74) is 3.72. The number of nitrogens with two attached hydrogens (primary N) is 1. The van der Waals surface area contributed by atoms with E-state index >= 15 is 0 Å². The number of nitrogens with zero attached hydrogens (tertiary/aromatic N) is 1. The Hall–Kier alpha value is -1.61. The molecule has 90 valence electrons. The van der Waals surface area contributed by atoms with Crippen LogP contribution in [-0.4, -0.2) is 29.6 Å². The van der Waals surface area contributed by atoms with Gasteiger partial charge in [-0.15, -0.1) is 0 Å². The minimum absolute atomic E-state index is 0.266. The van der Waals surface area contributed by atoms with Crippen LogP contribution in [0.1, 0.15) is 26.7 Å². The third-order valence-corrected chi connectivity index (χ3v) is 2.64. The third kappa shape index (κ3) is 3.21.